The van der Waals surface area contributed by atoms with E-state index in [2.05, 4.69) is 25.7 Å². The van der Waals surface area contributed by atoms with Crippen molar-refractivity contribution in [3.8, 4) is 0 Å². The molecule has 0 aliphatic heterocycles. The molecular formula is C50H103NO6. The molecule has 0 spiro atoms. The average Bonchev–Trinajstić information content (AvgIpc) is 3.19. The predicted molar refractivity (Wildman–Crippen MR) is 248 cm³/mol. The molecule has 0 heterocycles. The van der Waals surface area contributed by atoms with E-state index in [1.165, 1.54) is 218 Å². The van der Waals surface area contributed by atoms with Gasteiger partial charge in [-0.3, -0.25) is 14.5 Å². The monoisotopic (exact) mass is 814 g/mol. The van der Waals surface area contributed by atoms with Crippen LogP contribution >= 0.6 is 0 Å². The highest BCUT2D eigenvalue weighted by Gasteiger charge is 2.03. The Kier molecular flexibility index (Phi) is 60.0. The summed E-state index contributed by atoms with van der Waals surface area (Å²) in [6.45, 7) is 9.57. The third-order valence-corrected chi connectivity index (χ3v) is 11.1. The van der Waals surface area contributed by atoms with E-state index >= 15 is 0 Å². The van der Waals surface area contributed by atoms with E-state index in [-0.39, 0.29) is 13.2 Å². The van der Waals surface area contributed by atoms with Crippen molar-refractivity contribution in [2.45, 2.75) is 278 Å². The molecule has 7 nitrogen and oxygen atoms in total. The van der Waals surface area contributed by atoms with E-state index in [9.17, 15) is 9.59 Å². The van der Waals surface area contributed by atoms with Gasteiger partial charge >= 0.3 is 11.9 Å². The van der Waals surface area contributed by atoms with E-state index < -0.39 is 11.9 Å². The lowest BCUT2D eigenvalue weighted by Gasteiger charge is -2.19. The van der Waals surface area contributed by atoms with Gasteiger partial charge in [0.05, 0.1) is 13.2 Å². The standard InChI is InChI=1S/C22H47NO2.2C14H28O2/c1-2-3-4-5-6-7-8-9-10-11-12-13-14-15-16-17-18-23(19-21-24)20-22-25;2*1-2-3-4-5-6-7-8-9-10-11-12-13-14(15)16/h24-25H,2-22H2,1H3;2*2-13H2,1H3,(H,15,16). The Bertz CT molecular complexity index is 694. The summed E-state index contributed by atoms with van der Waals surface area (Å²) in [7, 11) is 0. The van der Waals surface area contributed by atoms with Gasteiger partial charge in [0, 0.05) is 25.9 Å². The van der Waals surface area contributed by atoms with Gasteiger partial charge in [-0.05, 0) is 25.8 Å². The van der Waals surface area contributed by atoms with Gasteiger partial charge in [0.1, 0.15) is 0 Å². The first-order valence-corrected chi connectivity index (χ1v) is 25.3. The van der Waals surface area contributed by atoms with E-state index in [4.69, 9.17) is 20.4 Å². The van der Waals surface area contributed by atoms with Crippen LogP contribution in [0.1, 0.15) is 278 Å². The first-order chi connectivity index (χ1) is 27.9. The van der Waals surface area contributed by atoms with Gasteiger partial charge in [0.2, 0.25) is 0 Å². The van der Waals surface area contributed by atoms with Crippen LogP contribution in [0.25, 0.3) is 0 Å². The Labute approximate surface area is 356 Å². The summed E-state index contributed by atoms with van der Waals surface area (Å²) in [6, 6.07) is 0. The average molecular weight is 814 g/mol. The largest absolute Gasteiger partial charge is 0.481 e. The van der Waals surface area contributed by atoms with Crippen molar-refractivity contribution in [2.24, 2.45) is 0 Å². The van der Waals surface area contributed by atoms with Crippen LogP contribution in [0.15, 0.2) is 0 Å². The van der Waals surface area contributed by atoms with Gasteiger partial charge in [0.25, 0.3) is 0 Å². The number of nitrogens with zero attached hydrogens (tertiary/aromatic N) is 1. The summed E-state index contributed by atoms with van der Waals surface area (Å²) in [5.74, 6) is -1.31. The van der Waals surface area contributed by atoms with Crippen LogP contribution in [0, 0.1) is 0 Å². The van der Waals surface area contributed by atoms with E-state index in [0.29, 0.717) is 25.9 Å². The van der Waals surface area contributed by atoms with Crippen LogP contribution in [0.3, 0.4) is 0 Å². The Balaban J connectivity index is -0.000000800. The maximum Gasteiger partial charge on any atom is 0.303 e. The molecule has 0 aromatic heterocycles. The molecule has 0 radical (unpaired) electrons. The maximum atomic E-state index is 10.3. The zero-order valence-electron chi connectivity index (χ0n) is 38.9. The van der Waals surface area contributed by atoms with Gasteiger partial charge in [0.15, 0.2) is 0 Å². The zero-order chi connectivity index (χ0) is 42.6. The number of carboxylic acid groups (broad SMARTS) is 2. The van der Waals surface area contributed by atoms with Crippen molar-refractivity contribution < 1.29 is 30.0 Å². The Morgan fingerprint density at radius 3 is 0.684 bits per heavy atom. The third-order valence-electron chi connectivity index (χ3n) is 11.1. The van der Waals surface area contributed by atoms with E-state index in [1.807, 2.05) is 0 Å². The van der Waals surface area contributed by atoms with Gasteiger partial charge in [-0.15, -0.1) is 0 Å². The fourth-order valence-corrected chi connectivity index (χ4v) is 7.38. The summed E-state index contributed by atoms with van der Waals surface area (Å²) in [5.41, 5.74) is 0. The Morgan fingerprint density at radius 1 is 0.298 bits per heavy atom. The zero-order valence-corrected chi connectivity index (χ0v) is 38.9. The van der Waals surface area contributed by atoms with Gasteiger partial charge in [-0.2, -0.15) is 0 Å². The van der Waals surface area contributed by atoms with E-state index in [1.54, 1.807) is 0 Å². The number of aliphatic carboxylic acids is 2. The molecule has 0 aromatic rings. The molecule has 0 aliphatic rings. The van der Waals surface area contributed by atoms with Crippen molar-refractivity contribution in [3.05, 3.63) is 0 Å². The lowest BCUT2D eigenvalue weighted by molar-refractivity contribution is -0.138. The molecule has 0 saturated heterocycles. The maximum absolute atomic E-state index is 10.3. The first kappa shape index (κ1) is 60.1. The molecule has 0 rings (SSSR count). The Hall–Kier alpha value is -1.18. The minimum absolute atomic E-state index is 0.193. The highest BCUT2D eigenvalue weighted by atomic mass is 16.4. The quantitative estimate of drug-likeness (QED) is 0.0452. The molecule has 0 atom stereocenters. The molecule has 0 aromatic carbocycles. The summed E-state index contributed by atoms with van der Waals surface area (Å²) >= 11 is 0. The molecule has 0 fully saturated rings. The molecule has 0 bridgehead atoms. The fourth-order valence-electron chi connectivity index (χ4n) is 7.38. The second-order valence-corrected chi connectivity index (χ2v) is 17.0. The number of hydrogen-bond acceptors (Lipinski definition) is 5. The number of hydrogen-bond donors (Lipinski definition) is 4. The third kappa shape index (κ3) is 64.2. The van der Waals surface area contributed by atoms with Gasteiger partial charge < -0.3 is 20.4 Å². The molecule has 7 heteroatoms. The summed E-state index contributed by atoms with van der Waals surface area (Å²) in [5, 5.41) is 34.9. The van der Waals surface area contributed by atoms with Gasteiger partial charge in [-0.1, -0.05) is 245 Å². The molecule has 344 valence electrons. The molecule has 0 saturated carbocycles. The smallest absolute Gasteiger partial charge is 0.303 e. The number of unbranched alkanes of at least 4 members (excludes halogenated alkanes) is 35. The lowest BCUT2D eigenvalue weighted by Crippen LogP contribution is -2.30. The van der Waals surface area contributed by atoms with Crippen molar-refractivity contribution in [3.63, 3.8) is 0 Å². The van der Waals surface area contributed by atoms with Crippen LogP contribution in [-0.2, 0) is 9.59 Å². The first-order valence-electron chi connectivity index (χ1n) is 25.3. The SMILES string of the molecule is CCCCCCCCCCCCCC(=O)O.CCCCCCCCCCCCCC(=O)O.CCCCCCCCCCCCCCCCCCN(CCO)CCO. The second-order valence-electron chi connectivity index (χ2n) is 17.0. The van der Waals surface area contributed by atoms with Crippen molar-refractivity contribution in [2.75, 3.05) is 32.8 Å². The van der Waals surface area contributed by atoms with Crippen LogP contribution in [0.5, 0.6) is 0 Å². The molecule has 0 unspecified atom stereocenters. The van der Waals surface area contributed by atoms with Crippen molar-refractivity contribution in [1.29, 1.82) is 0 Å². The van der Waals surface area contributed by atoms with E-state index in [0.717, 1.165) is 32.2 Å². The molecule has 0 amide bonds. The fraction of sp³-hybridized carbons (Fsp3) is 0.960. The number of rotatable bonds is 45. The topological polar surface area (TPSA) is 118 Å². The number of carbonyl (C=O) groups is 2. The summed E-state index contributed by atoms with van der Waals surface area (Å²) in [4.78, 5) is 22.7. The minimum atomic E-state index is -0.657. The molecular weight excluding hydrogens is 711 g/mol. The number of aliphatic hydroxyl groups excluding tert-OH is 2. The van der Waals surface area contributed by atoms with Crippen molar-refractivity contribution >= 4 is 11.9 Å². The molecule has 0 aliphatic carbocycles. The Morgan fingerprint density at radius 2 is 0.491 bits per heavy atom. The van der Waals surface area contributed by atoms with Crippen LogP contribution in [0.2, 0.25) is 0 Å². The van der Waals surface area contributed by atoms with Crippen molar-refractivity contribution in [1.82, 2.24) is 4.90 Å². The summed E-state index contributed by atoms with van der Waals surface area (Å²) < 4.78 is 0. The predicted octanol–water partition coefficient (Wildman–Crippen LogP) is 15.1. The summed E-state index contributed by atoms with van der Waals surface area (Å²) in [6.07, 6.45) is 51.0. The lowest BCUT2D eigenvalue weighted by atomic mass is 10.0. The number of carboxylic acids is 2. The number of aliphatic hydroxyl groups is 2. The molecule has 4 N–H and O–H groups in total. The van der Waals surface area contributed by atoms with Crippen LogP contribution in [0.4, 0.5) is 0 Å². The van der Waals surface area contributed by atoms with Crippen LogP contribution in [-0.4, -0.2) is 70.1 Å². The second kappa shape index (κ2) is 56.9. The molecule has 57 heavy (non-hydrogen) atoms. The highest BCUT2D eigenvalue weighted by molar-refractivity contribution is 5.66. The minimum Gasteiger partial charge on any atom is -0.481 e. The van der Waals surface area contributed by atoms with Gasteiger partial charge in [-0.25, -0.2) is 0 Å². The highest BCUT2D eigenvalue weighted by Crippen LogP contribution is 2.15. The normalized spacial score (nSPS) is 11.0. The van der Waals surface area contributed by atoms with Crippen LogP contribution < -0.4 is 0 Å².